The SMILES string of the molecule is CCCCCCCOC(=O)C=Cc1ccc(O)c(O)c1. The van der Waals surface area contributed by atoms with E-state index in [1.54, 1.807) is 12.1 Å². The number of ether oxygens (including phenoxy) is 1. The summed E-state index contributed by atoms with van der Waals surface area (Å²) in [5, 5.41) is 18.5. The van der Waals surface area contributed by atoms with E-state index in [0.29, 0.717) is 12.2 Å². The molecule has 0 spiro atoms. The van der Waals surface area contributed by atoms with Crippen LogP contribution >= 0.6 is 0 Å². The van der Waals surface area contributed by atoms with E-state index in [9.17, 15) is 9.90 Å². The summed E-state index contributed by atoms with van der Waals surface area (Å²) >= 11 is 0. The van der Waals surface area contributed by atoms with E-state index in [1.165, 1.54) is 37.5 Å². The van der Waals surface area contributed by atoms with Crippen molar-refractivity contribution < 1.29 is 19.7 Å². The molecule has 0 amide bonds. The summed E-state index contributed by atoms with van der Waals surface area (Å²) < 4.78 is 5.06. The Morgan fingerprint density at radius 3 is 2.60 bits per heavy atom. The number of hydrogen-bond acceptors (Lipinski definition) is 4. The quantitative estimate of drug-likeness (QED) is 0.330. The van der Waals surface area contributed by atoms with Crippen LogP contribution < -0.4 is 0 Å². The third-order valence-electron chi connectivity index (χ3n) is 2.90. The maximum atomic E-state index is 11.4. The number of hydrogen-bond donors (Lipinski definition) is 2. The lowest BCUT2D eigenvalue weighted by Crippen LogP contribution is -2.02. The summed E-state index contributed by atoms with van der Waals surface area (Å²) in [6.45, 7) is 2.60. The van der Waals surface area contributed by atoms with E-state index < -0.39 is 5.97 Å². The molecule has 110 valence electrons. The molecule has 1 aromatic rings. The van der Waals surface area contributed by atoms with Gasteiger partial charge in [-0.3, -0.25) is 0 Å². The van der Waals surface area contributed by atoms with Gasteiger partial charge in [-0.1, -0.05) is 38.7 Å². The monoisotopic (exact) mass is 278 g/mol. The van der Waals surface area contributed by atoms with Gasteiger partial charge in [0.05, 0.1) is 6.61 Å². The van der Waals surface area contributed by atoms with Gasteiger partial charge in [0.25, 0.3) is 0 Å². The minimum absolute atomic E-state index is 0.184. The van der Waals surface area contributed by atoms with E-state index in [-0.39, 0.29) is 11.5 Å². The molecule has 0 atom stereocenters. The second-order valence-corrected chi connectivity index (χ2v) is 4.66. The van der Waals surface area contributed by atoms with E-state index in [4.69, 9.17) is 9.84 Å². The maximum Gasteiger partial charge on any atom is 0.330 e. The van der Waals surface area contributed by atoms with Crippen molar-refractivity contribution in [1.29, 1.82) is 0 Å². The van der Waals surface area contributed by atoms with Gasteiger partial charge in [-0.15, -0.1) is 0 Å². The van der Waals surface area contributed by atoms with Crippen molar-refractivity contribution in [2.24, 2.45) is 0 Å². The molecule has 1 rings (SSSR count). The number of benzene rings is 1. The van der Waals surface area contributed by atoms with Gasteiger partial charge in [0.2, 0.25) is 0 Å². The van der Waals surface area contributed by atoms with Crippen molar-refractivity contribution in [2.45, 2.75) is 39.0 Å². The first-order chi connectivity index (χ1) is 9.63. The second kappa shape index (κ2) is 9.02. The van der Waals surface area contributed by atoms with Crippen LogP contribution in [-0.2, 0) is 9.53 Å². The van der Waals surface area contributed by atoms with Gasteiger partial charge in [-0.05, 0) is 30.2 Å². The fourth-order valence-corrected chi connectivity index (χ4v) is 1.73. The topological polar surface area (TPSA) is 66.8 Å². The molecule has 0 fully saturated rings. The summed E-state index contributed by atoms with van der Waals surface area (Å²) in [5.41, 5.74) is 0.625. The summed E-state index contributed by atoms with van der Waals surface area (Å²) in [5.74, 6) is -0.790. The van der Waals surface area contributed by atoms with Crippen molar-refractivity contribution in [3.05, 3.63) is 29.8 Å². The Balaban J connectivity index is 2.27. The molecular formula is C16H22O4. The molecule has 2 N–H and O–H groups in total. The first-order valence-electron chi connectivity index (χ1n) is 7.00. The van der Waals surface area contributed by atoms with Gasteiger partial charge in [0.15, 0.2) is 11.5 Å². The van der Waals surface area contributed by atoms with Gasteiger partial charge in [0.1, 0.15) is 0 Å². The molecule has 1 aromatic carbocycles. The third kappa shape index (κ3) is 6.27. The Hall–Kier alpha value is -1.97. The van der Waals surface area contributed by atoms with Gasteiger partial charge in [-0.2, -0.15) is 0 Å². The fourth-order valence-electron chi connectivity index (χ4n) is 1.73. The summed E-state index contributed by atoms with van der Waals surface area (Å²) in [6.07, 6.45) is 8.42. The lowest BCUT2D eigenvalue weighted by Gasteiger charge is -2.02. The molecule has 20 heavy (non-hydrogen) atoms. The van der Waals surface area contributed by atoms with Crippen LogP contribution in [0.2, 0.25) is 0 Å². The van der Waals surface area contributed by atoms with Crippen molar-refractivity contribution in [1.82, 2.24) is 0 Å². The highest BCUT2D eigenvalue weighted by atomic mass is 16.5. The van der Waals surface area contributed by atoms with Crippen molar-refractivity contribution >= 4 is 12.0 Å². The van der Waals surface area contributed by atoms with E-state index in [0.717, 1.165) is 12.8 Å². The van der Waals surface area contributed by atoms with Crippen molar-refractivity contribution in [3.63, 3.8) is 0 Å². The number of unbranched alkanes of at least 4 members (excludes halogenated alkanes) is 4. The first-order valence-corrected chi connectivity index (χ1v) is 7.00. The first kappa shape index (κ1) is 16.1. The van der Waals surface area contributed by atoms with Gasteiger partial charge in [-0.25, -0.2) is 4.79 Å². The predicted molar refractivity (Wildman–Crippen MR) is 78.5 cm³/mol. The number of carbonyl (C=O) groups is 1. The molecule has 0 aliphatic rings. The zero-order chi connectivity index (χ0) is 14.8. The number of carbonyl (C=O) groups excluding carboxylic acids is 1. The summed E-state index contributed by atoms with van der Waals surface area (Å²) in [4.78, 5) is 11.4. The van der Waals surface area contributed by atoms with Crippen LogP contribution in [0.4, 0.5) is 0 Å². The molecule has 0 aliphatic heterocycles. The number of esters is 1. The Morgan fingerprint density at radius 2 is 1.90 bits per heavy atom. The van der Waals surface area contributed by atoms with Gasteiger partial charge >= 0.3 is 5.97 Å². The fraction of sp³-hybridized carbons (Fsp3) is 0.438. The van der Waals surface area contributed by atoms with Crippen LogP contribution in [0.5, 0.6) is 11.5 Å². The zero-order valence-corrected chi connectivity index (χ0v) is 11.8. The lowest BCUT2D eigenvalue weighted by molar-refractivity contribution is -0.137. The van der Waals surface area contributed by atoms with Crippen LogP contribution in [0.15, 0.2) is 24.3 Å². The van der Waals surface area contributed by atoms with E-state index >= 15 is 0 Å². The average molecular weight is 278 g/mol. The molecule has 0 unspecified atom stereocenters. The number of aromatic hydroxyl groups is 2. The van der Waals surface area contributed by atoms with E-state index in [1.807, 2.05) is 0 Å². The highest BCUT2D eigenvalue weighted by Gasteiger charge is 2.00. The smallest absolute Gasteiger partial charge is 0.330 e. The molecule has 4 heteroatoms. The molecule has 4 nitrogen and oxygen atoms in total. The van der Waals surface area contributed by atoms with Crippen LogP contribution in [0, 0.1) is 0 Å². The molecule has 0 saturated carbocycles. The van der Waals surface area contributed by atoms with Crippen molar-refractivity contribution in [3.8, 4) is 11.5 Å². The zero-order valence-electron chi connectivity index (χ0n) is 11.8. The summed E-state index contributed by atoms with van der Waals surface area (Å²) in [7, 11) is 0. The van der Waals surface area contributed by atoms with Gasteiger partial charge < -0.3 is 14.9 Å². The Bertz CT molecular complexity index is 452. The molecule has 0 saturated heterocycles. The largest absolute Gasteiger partial charge is 0.504 e. The number of phenols is 2. The number of rotatable bonds is 8. The second-order valence-electron chi connectivity index (χ2n) is 4.66. The highest BCUT2D eigenvalue weighted by Crippen LogP contribution is 2.25. The Labute approximate surface area is 119 Å². The molecular weight excluding hydrogens is 256 g/mol. The minimum atomic E-state index is -0.395. The van der Waals surface area contributed by atoms with E-state index in [2.05, 4.69) is 6.92 Å². The normalized spacial score (nSPS) is 10.8. The molecule has 0 aliphatic carbocycles. The van der Waals surface area contributed by atoms with Gasteiger partial charge in [0, 0.05) is 6.08 Å². The highest BCUT2D eigenvalue weighted by molar-refractivity contribution is 5.87. The van der Waals surface area contributed by atoms with Crippen LogP contribution in [0.25, 0.3) is 6.08 Å². The Kier molecular flexibility index (Phi) is 7.25. The molecule has 0 aromatic heterocycles. The lowest BCUT2D eigenvalue weighted by atomic mass is 10.2. The maximum absolute atomic E-state index is 11.4. The standard InChI is InChI=1S/C16H22O4/c1-2-3-4-5-6-11-20-16(19)10-8-13-7-9-14(17)15(18)12-13/h7-10,12,17-18H,2-6,11H2,1H3. The number of phenolic OH excluding ortho intramolecular Hbond substituents is 2. The van der Waals surface area contributed by atoms with Crippen LogP contribution in [0.3, 0.4) is 0 Å². The average Bonchev–Trinajstić information content (AvgIpc) is 2.44. The third-order valence-corrected chi connectivity index (χ3v) is 2.90. The molecule has 0 bridgehead atoms. The minimum Gasteiger partial charge on any atom is -0.504 e. The predicted octanol–water partition coefficient (Wildman–Crippen LogP) is 3.62. The molecule has 0 radical (unpaired) electrons. The Morgan fingerprint density at radius 1 is 1.15 bits per heavy atom. The molecule has 0 heterocycles. The summed E-state index contributed by atoms with van der Waals surface area (Å²) in [6, 6.07) is 4.35. The van der Waals surface area contributed by atoms with Crippen molar-refractivity contribution in [2.75, 3.05) is 6.61 Å². The van der Waals surface area contributed by atoms with Crippen LogP contribution in [-0.4, -0.2) is 22.8 Å². The van der Waals surface area contributed by atoms with Crippen LogP contribution in [0.1, 0.15) is 44.6 Å².